The summed E-state index contributed by atoms with van der Waals surface area (Å²) < 4.78 is 6.78. The molecule has 1 unspecified atom stereocenters. The molecule has 0 heterocycles. The van der Waals surface area contributed by atoms with Gasteiger partial charge >= 0.3 is 0 Å². The third-order valence-corrected chi connectivity index (χ3v) is 4.86. The van der Waals surface area contributed by atoms with E-state index >= 15 is 0 Å². The molecule has 0 saturated heterocycles. The van der Waals surface area contributed by atoms with Gasteiger partial charge in [-0.2, -0.15) is 0 Å². The molecule has 0 radical (unpaired) electrons. The smallest absolute Gasteiger partial charge is 0.0692 e. The zero-order valence-corrected chi connectivity index (χ0v) is 12.6. The van der Waals surface area contributed by atoms with Gasteiger partial charge in [-0.3, -0.25) is 0 Å². The molecule has 1 aliphatic rings. The van der Waals surface area contributed by atoms with Crippen molar-refractivity contribution in [1.29, 1.82) is 0 Å². The van der Waals surface area contributed by atoms with Crippen LogP contribution < -0.4 is 0 Å². The van der Waals surface area contributed by atoms with E-state index in [0.29, 0.717) is 4.83 Å². The molecular formula is C13H16Br2O. The second-order valence-corrected chi connectivity index (χ2v) is 6.48. The zero-order chi connectivity index (χ0) is 11.6. The molecule has 1 aliphatic carbocycles. The summed E-state index contributed by atoms with van der Waals surface area (Å²) in [5.41, 5.74) is 1.45. The highest BCUT2D eigenvalue weighted by molar-refractivity contribution is 9.10. The number of hydrogen-bond acceptors (Lipinski definition) is 1. The molecule has 1 saturated carbocycles. The van der Waals surface area contributed by atoms with Crippen LogP contribution in [-0.2, 0) is 4.74 Å². The second-order valence-electron chi connectivity index (χ2n) is 4.46. The lowest BCUT2D eigenvalue weighted by atomic mass is 9.76. The largest absolute Gasteiger partial charge is 0.378 e. The molecule has 0 amide bonds. The van der Waals surface area contributed by atoms with Gasteiger partial charge in [0.2, 0.25) is 0 Å². The van der Waals surface area contributed by atoms with E-state index in [0.717, 1.165) is 10.9 Å². The predicted molar refractivity (Wildman–Crippen MR) is 74.0 cm³/mol. The molecular weight excluding hydrogens is 332 g/mol. The lowest BCUT2D eigenvalue weighted by Gasteiger charge is -2.42. The molecule has 1 aromatic carbocycles. The summed E-state index contributed by atoms with van der Waals surface area (Å²) >= 11 is 7.22. The Hall–Kier alpha value is 0.140. The summed E-state index contributed by atoms with van der Waals surface area (Å²) in [5.74, 6) is 0. The van der Waals surface area contributed by atoms with Crippen molar-refractivity contribution in [2.75, 3.05) is 7.11 Å². The van der Waals surface area contributed by atoms with E-state index in [1.165, 1.54) is 24.8 Å². The molecule has 16 heavy (non-hydrogen) atoms. The van der Waals surface area contributed by atoms with Crippen molar-refractivity contribution >= 4 is 31.9 Å². The first-order chi connectivity index (χ1) is 7.65. The monoisotopic (exact) mass is 346 g/mol. The molecule has 1 nitrogen and oxygen atoms in total. The first kappa shape index (κ1) is 12.6. The Labute approximate surface area is 114 Å². The van der Waals surface area contributed by atoms with Crippen LogP contribution in [0.25, 0.3) is 0 Å². The minimum atomic E-state index is 0.126. The maximum Gasteiger partial charge on any atom is 0.0692 e. The van der Waals surface area contributed by atoms with Gasteiger partial charge < -0.3 is 4.74 Å². The normalized spacial score (nSPS) is 20.2. The number of alkyl halides is 1. The third kappa shape index (κ3) is 2.69. The Balaban J connectivity index is 2.02. The van der Waals surface area contributed by atoms with Crippen LogP contribution in [0, 0.1) is 0 Å². The van der Waals surface area contributed by atoms with Crippen LogP contribution in [0.1, 0.15) is 36.1 Å². The average molecular weight is 348 g/mol. The van der Waals surface area contributed by atoms with E-state index in [-0.39, 0.29) is 5.60 Å². The SMILES string of the molecule is COC1(CC(Br)c2ccc(Br)cc2)CCC1. The lowest BCUT2D eigenvalue weighted by Crippen LogP contribution is -2.39. The molecule has 0 bridgehead atoms. The van der Waals surface area contributed by atoms with Gasteiger partial charge in [0.1, 0.15) is 0 Å². The van der Waals surface area contributed by atoms with Crippen molar-refractivity contribution in [3.8, 4) is 0 Å². The summed E-state index contributed by atoms with van der Waals surface area (Å²) in [7, 11) is 1.83. The molecule has 0 aliphatic heterocycles. The van der Waals surface area contributed by atoms with Gasteiger partial charge in [-0.1, -0.05) is 44.0 Å². The van der Waals surface area contributed by atoms with Gasteiger partial charge in [-0.25, -0.2) is 0 Å². The van der Waals surface area contributed by atoms with Gasteiger partial charge in [-0.05, 0) is 43.4 Å². The van der Waals surface area contributed by atoms with Crippen molar-refractivity contribution in [2.45, 2.75) is 36.1 Å². The van der Waals surface area contributed by atoms with E-state index in [9.17, 15) is 0 Å². The van der Waals surface area contributed by atoms with Crippen LogP contribution in [0.15, 0.2) is 28.7 Å². The van der Waals surface area contributed by atoms with Crippen LogP contribution in [0.4, 0.5) is 0 Å². The highest BCUT2D eigenvalue weighted by Crippen LogP contribution is 2.44. The van der Waals surface area contributed by atoms with Gasteiger partial charge in [-0.15, -0.1) is 0 Å². The molecule has 0 N–H and O–H groups in total. The average Bonchev–Trinajstić information content (AvgIpc) is 2.24. The molecule has 1 atom stereocenters. The van der Waals surface area contributed by atoms with Crippen molar-refractivity contribution < 1.29 is 4.74 Å². The number of benzene rings is 1. The Bertz CT molecular complexity index is 338. The maximum atomic E-state index is 5.65. The highest BCUT2D eigenvalue weighted by atomic mass is 79.9. The first-order valence-electron chi connectivity index (χ1n) is 5.60. The minimum Gasteiger partial charge on any atom is -0.378 e. The van der Waals surface area contributed by atoms with E-state index in [4.69, 9.17) is 4.74 Å². The number of ether oxygens (including phenoxy) is 1. The fraction of sp³-hybridized carbons (Fsp3) is 0.538. The molecule has 1 aromatic rings. The summed E-state index contributed by atoms with van der Waals surface area (Å²) in [6.45, 7) is 0. The Kier molecular flexibility index (Phi) is 4.09. The highest BCUT2D eigenvalue weighted by Gasteiger charge is 2.38. The Morgan fingerprint density at radius 1 is 1.31 bits per heavy atom. The van der Waals surface area contributed by atoms with Gasteiger partial charge in [0.15, 0.2) is 0 Å². The minimum absolute atomic E-state index is 0.126. The molecule has 0 aromatic heterocycles. The van der Waals surface area contributed by atoms with E-state index in [1.54, 1.807) is 0 Å². The first-order valence-corrected chi connectivity index (χ1v) is 7.31. The molecule has 88 valence electrons. The lowest BCUT2D eigenvalue weighted by molar-refractivity contribution is -0.0773. The molecule has 0 spiro atoms. The standard InChI is InChI=1S/C13H16Br2O/c1-16-13(7-2-8-13)9-12(15)10-3-5-11(14)6-4-10/h3-6,12H,2,7-9H2,1H3. The third-order valence-electron chi connectivity index (χ3n) is 3.48. The van der Waals surface area contributed by atoms with Crippen LogP contribution in [-0.4, -0.2) is 12.7 Å². The van der Waals surface area contributed by atoms with Gasteiger partial charge in [0, 0.05) is 16.4 Å². The van der Waals surface area contributed by atoms with Crippen LogP contribution in [0.3, 0.4) is 0 Å². The summed E-state index contributed by atoms with van der Waals surface area (Å²) in [6.07, 6.45) is 4.75. The predicted octanol–water partition coefficient (Wildman–Crippen LogP) is 4.84. The molecule has 2 rings (SSSR count). The van der Waals surface area contributed by atoms with E-state index in [1.807, 2.05) is 7.11 Å². The van der Waals surface area contributed by atoms with E-state index in [2.05, 4.69) is 56.1 Å². The summed E-state index contributed by atoms with van der Waals surface area (Å²) in [4.78, 5) is 0.390. The van der Waals surface area contributed by atoms with Crippen LogP contribution in [0.5, 0.6) is 0 Å². The van der Waals surface area contributed by atoms with Crippen LogP contribution in [0.2, 0.25) is 0 Å². The number of halogens is 2. The Morgan fingerprint density at radius 2 is 1.94 bits per heavy atom. The maximum absolute atomic E-state index is 5.65. The summed E-state index contributed by atoms with van der Waals surface area (Å²) in [5, 5.41) is 0. The fourth-order valence-corrected chi connectivity index (χ4v) is 3.34. The van der Waals surface area contributed by atoms with Gasteiger partial charge in [0.05, 0.1) is 5.60 Å². The van der Waals surface area contributed by atoms with Crippen molar-refractivity contribution in [2.24, 2.45) is 0 Å². The number of methoxy groups -OCH3 is 1. The van der Waals surface area contributed by atoms with Crippen LogP contribution >= 0.6 is 31.9 Å². The second kappa shape index (κ2) is 5.19. The summed E-state index contributed by atoms with van der Waals surface area (Å²) in [6, 6.07) is 8.49. The van der Waals surface area contributed by atoms with Crippen molar-refractivity contribution in [1.82, 2.24) is 0 Å². The number of hydrogen-bond donors (Lipinski definition) is 0. The van der Waals surface area contributed by atoms with Crippen molar-refractivity contribution in [3.05, 3.63) is 34.3 Å². The fourth-order valence-electron chi connectivity index (χ4n) is 2.18. The zero-order valence-electron chi connectivity index (χ0n) is 9.38. The van der Waals surface area contributed by atoms with E-state index < -0.39 is 0 Å². The molecule has 1 fully saturated rings. The molecule has 3 heteroatoms. The number of rotatable bonds is 4. The topological polar surface area (TPSA) is 9.23 Å². The Morgan fingerprint density at radius 3 is 2.38 bits per heavy atom. The van der Waals surface area contributed by atoms with Crippen molar-refractivity contribution in [3.63, 3.8) is 0 Å². The van der Waals surface area contributed by atoms with Gasteiger partial charge in [0.25, 0.3) is 0 Å². The quantitative estimate of drug-likeness (QED) is 0.708.